The minimum atomic E-state index is -0.840. The van der Waals surface area contributed by atoms with Gasteiger partial charge in [0.1, 0.15) is 0 Å². The molecule has 2 fully saturated rings. The normalized spacial score (nSPS) is 33.8. The van der Waals surface area contributed by atoms with Gasteiger partial charge in [-0.05, 0) is 25.7 Å². The molecule has 1 saturated carbocycles. The average molecular weight is 287 g/mol. The summed E-state index contributed by atoms with van der Waals surface area (Å²) >= 11 is 0. The van der Waals surface area contributed by atoms with Crippen molar-refractivity contribution in [3.8, 4) is 0 Å². The smallest absolute Gasteiger partial charge is 0.306 e. The van der Waals surface area contributed by atoms with Crippen LogP contribution in [0.3, 0.4) is 0 Å². The number of nitrogens with one attached hydrogen (secondary N) is 1. The first-order chi connectivity index (χ1) is 9.43. The maximum Gasteiger partial charge on any atom is 0.306 e. The summed E-state index contributed by atoms with van der Waals surface area (Å²) in [7, 11) is 0. The molecule has 2 rings (SSSR count). The van der Waals surface area contributed by atoms with E-state index in [9.17, 15) is 15.0 Å². The molecule has 0 unspecified atom stereocenters. The Morgan fingerprint density at radius 2 is 1.55 bits per heavy atom. The van der Waals surface area contributed by atoms with Gasteiger partial charge in [0.2, 0.25) is 0 Å². The van der Waals surface area contributed by atoms with Gasteiger partial charge in [-0.25, -0.2) is 0 Å². The van der Waals surface area contributed by atoms with Crippen LogP contribution in [0.15, 0.2) is 0 Å². The second-order valence-electron chi connectivity index (χ2n) is 6.28. The van der Waals surface area contributed by atoms with Crippen molar-refractivity contribution in [1.29, 1.82) is 0 Å². The molecule has 0 aromatic heterocycles. The zero-order valence-corrected chi connectivity index (χ0v) is 11.8. The summed E-state index contributed by atoms with van der Waals surface area (Å²) in [6.07, 6.45) is 3.26. The summed E-state index contributed by atoms with van der Waals surface area (Å²) in [5.74, 6) is -1.09. The van der Waals surface area contributed by atoms with Crippen LogP contribution in [-0.2, 0) is 9.53 Å². The predicted octanol–water partition coefficient (Wildman–Crippen LogP) is 0.123. The highest BCUT2D eigenvalue weighted by Crippen LogP contribution is 2.32. The minimum absolute atomic E-state index is 0.324. The third-order valence-electron chi connectivity index (χ3n) is 4.60. The second kappa shape index (κ2) is 6.39. The molecule has 116 valence electrons. The highest BCUT2D eigenvalue weighted by Gasteiger charge is 2.36. The SMILES string of the molecule is O=C(O)C1CCC(O)(CNCC2(O)CCOCC2)CC1. The topological polar surface area (TPSA) is 99.0 Å². The fourth-order valence-corrected chi connectivity index (χ4v) is 3.03. The van der Waals surface area contributed by atoms with Crippen LogP contribution in [0.5, 0.6) is 0 Å². The second-order valence-corrected chi connectivity index (χ2v) is 6.28. The van der Waals surface area contributed by atoms with E-state index in [2.05, 4.69) is 5.32 Å². The summed E-state index contributed by atoms with van der Waals surface area (Å²) in [5, 5.41) is 32.8. The fourth-order valence-electron chi connectivity index (χ4n) is 3.03. The van der Waals surface area contributed by atoms with Gasteiger partial charge < -0.3 is 25.4 Å². The highest BCUT2D eigenvalue weighted by molar-refractivity contribution is 5.70. The van der Waals surface area contributed by atoms with Gasteiger partial charge in [0.15, 0.2) is 0 Å². The summed E-state index contributed by atoms with van der Waals surface area (Å²) in [5.41, 5.74) is -1.58. The van der Waals surface area contributed by atoms with Crippen LogP contribution in [-0.4, -0.2) is 58.8 Å². The van der Waals surface area contributed by atoms with Crippen molar-refractivity contribution in [2.24, 2.45) is 5.92 Å². The Bertz CT molecular complexity index is 332. The minimum Gasteiger partial charge on any atom is -0.481 e. The van der Waals surface area contributed by atoms with Gasteiger partial charge >= 0.3 is 5.97 Å². The van der Waals surface area contributed by atoms with Gasteiger partial charge in [0.05, 0.1) is 17.1 Å². The zero-order chi connectivity index (χ0) is 14.6. The van der Waals surface area contributed by atoms with Crippen LogP contribution >= 0.6 is 0 Å². The third kappa shape index (κ3) is 4.15. The molecule has 20 heavy (non-hydrogen) atoms. The number of hydrogen-bond donors (Lipinski definition) is 4. The van der Waals surface area contributed by atoms with Gasteiger partial charge in [0, 0.05) is 39.1 Å². The Balaban J connectivity index is 1.72. The monoisotopic (exact) mass is 287 g/mol. The molecular formula is C14H25NO5. The van der Waals surface area contributed by atoms with Crippen LogP contribution < -0.4 is 5.32 Å². The summed E-state index contributed by atoms with van der Waals surface area (Å²) < 4.78 is 5.22. The van der Waals surface area contributed by atoms with Crippen molar-refractivity contribution in [1.82, 2.24) is 5.32 Å². The predicted molar refractivity (Wildman–Crippen MR) is 72.4 cm³/mol. The summed E-state index contributed by atoms with van der Waals surface area (Å²) in [6, 6.07) is 0. The van der Waals surface area contributed by atoms with Crippen molar-refractivity contribution in [3.05, 3.63) is 0 Å². The molecule has 4 N–H and O–H groups in total. The Morgan fingerprint density at radius 3 is 2.05 bits per heavy atom. The first kappa shape index (κ1) is 15.7. The van der Waals surface area contributed by atoms with E-state index in [0.29, 0.717) is 64.8 Å². The van der Waals surface area contributed by atoms with Gasteiger partial charge in [0.25, 0.3) is 0 Å². The molecule has 6 nitrogen and oxygen atoms in total. The molecule has 6 heteroatoms. The third-order valence-corrected chi connectivity index (χ3v) is 4.60. The van der Waals surface area contributed by atoms with Crippen LogP contribution in [0.4, 0.5) is 0 Å². The average Bonchev–Trinajstić information content (AvgIpc) is 2.39. The summed E-state index contributed by atoms with van der Waals surface area (Å²) in [6.45, 7) is 2.00. The molecule has 0 spiro atoms. The Labute approximate surface area is 119 Å². The fraction of sp³-hybridized carbons (Fsp3) is 0.929. The molecule has 1 aliphatic carbocycles. The van der Waals surface area contributed by atoms with E-state index in [4.69, 9.17) is 9.84 Å². The standard InChI is InChI=1S/C14H25NO5/c16-12(17)11-1-3-13(18,4-2-11)9-15-10-14(19)5-7-20-8-6-14/h11,15,18-19H,1-10H2,(H,16,17). The lowest BCUT2D eigenvalue weighted by molar-refractivity contribution is -0.144. The first-order valence-corrected chi connectivity index (χ1v) is 7.39. The van der Waals surface area contributed by atoms with Crippen molar-refractivity contribution in [3.63, 3.8) is 0 Å². The van der Waals surface area contributed by atoms with E-state index in [1.165, 1.54) is 0 Å². The molecule has 0 amide bonds. The van der Waals surface area contributed by atoms with E-state index in [1.54, 1.807) is 0 Å². The lowest BCUT2D eigenvalue weighted by Crippen LogP contribution is -2.50. The molecular weight excluding hydrogens is 262 g/mol. The van der Waals surface area contributed by atoms with Crippen molar-refractivity contribution in [2.45, 2.75) is 49.7 Å². The quantitative estimate of drug-likeness (QED) is 0.573. The lowest BCUT2D eigenvalue weighted by Gasteiger charge is -2.37. The number of carboxylic acid groups (broad SMARTS) is 1. The number of rotatable bonds is 5. The van der Waals surface area contributed by atoms with Gasteiger partial charge in [-0.1, -0.05) is 0 Å². The van der Waals surface area contributed by atoms with E-state index < -0.39 is 17.2 Å². The van der Waals surface area contributed by atoms with E-state index in [1.807, 2.05) is 0 Å². The number of ether oxygens (including phenoxy) is 1. The van der Waals surface area contributed by atoms with E-state index in [0.717, 1.165) is 0 Å². The highest BCUT2D eigenvalue weighted by atomic mass is 16.5. The number of aliphatic carboxylic acids is 1. The molecule has 1 saturated heterocycles. The molecule has 2 aliphatic rings. The molecule has 0 radical (unpaired) electrons. The van der Waals surface area contributed by atoms with Crippen molar-refractivity contribution in [2.75, 3.05) is 26.3 Å². The number of carboxylic acids is 1. The molecule has 1 aliphatic heterocycles. The van der Waals surface area contributed by atoms with Crippen LogP contribution in [0.1, 0.15) is 38.5 Å². The Morgan fingerprint density at radius 1 is 1.05 bits per heavy atom. The summed E-state index contributed by atoms with van der Waals surface area (Å²) in [4.78, 5) is 10.9. The molecule has 0 bridgehead atoms. The van der Waals surface area contributed by atoms with E-state index >= 15 is 0 Å². The zero-order valence-electron chi connectivity index (χ0n) is 11.8. The van der Waals surface area contributed by atoms with Crippen molar-refractivity contribution >= 4 is 5.97 Å². The van der Waals surface area contributed by atoms with Gasteiger partial charge in [-0.3, -0.25) is 4.79 Å². The Kier molecular flexibility index (Phi) is 5.01. The van der Waals surface area contributed by atoms with Crippen LogP contribution in [0.25, 0.3) is 0 Å². The van der Waals surface area contributed by atoms with Crippen molar-refractivity contribution < 1.29 is 24.9 Å². The molecule has 0 aromatic carbocycles. The van der Waals surface area contributed by atoms with Gasteiger partial charge in [-0.15, -0.1) is 0 Å². The molecule has 0 atom stereocenters. The van der Waals surface area contributed by atoms with E-state index in [-0.39, 0.29) is 5.92 Å². The number of carbonyl (C=O) groups is 1. The molecule has 1 heterocycles. The largest absolute Gasteiger partial charge is 0.481 e. The first-order valence-electron chi connectivity index (χ1n) is 7.39. The maximum absolute atomic E-state index is 10.9. The number of aliphatic hydroxyl groups is 2. The van der Waals surface area contributed by atoms with Crippen LogP contribution in [0, 0.1) is 5.92 Å². The molecule has 0 aromatic rings. The number of hydrogen-bond acceptors (Lipinski definition) is 5. The van der Waals surface area contributed by atoms with Crippen LogP contribution in [0.2, 0.25) is 0 Å². The maximum atomic E-state index is 10.9. The Hall–Kier alpha value is -0.690. The lowest BCUT2D eigenvalue weighted by atomic mass is 9.78. The van der Waals surface area contributed by atoms with Gasteiger partial charge in [-0.2, -0.15) is 0 Å².